The van der Waals surface area contributed by atoms with E-state index in [1.54, 1.807) is 12.1 Å². The van der Waals surface area contributed by atoms with Crippen molar-refractivity contribution in [1.82, 2.24) is 0 Å². The average molecular weight is 329 g/mol. The molecule has 0 unspecified atom stereocenters. The first-order chi connectivity index (χ1) is 11.7. The summed E-state index contributed by atoms with van der Waals surface area (Å²) in [6.07, 6.45) is 0. The van der Waals surface area contributed by atoms with Crippen molar-refractivity contribution in [1.29, 1.82) is 0 Å². The SMILES string of the molecule is CC.CCOc1cc(NC(=O)c2ccccc2)c(OCC)cc1C. The van der Waals surface area contributed by atoms with Crippen molar-refractivity contribution in [3.05, 3.63) is 53.6 Å². The third kappa shape index (κ3) is 5.30. The number of hydrogen-bond donors (Lipinski definition) is 1. The first-order valence-electron chi connectivity index (χ1n) is 8.42. The van der Waals surface area contributed by atoms with Gasteiger partial charge in [-0.3, -0.25) is 4.79 Å². The zero-order valence-electron chi connectivity index (χ0n) is 15.2. The van der Waals surface area contributed by atoms with Gasteiger partial charge in [0.15, 0.2) is 0 Å². The van der Waals surface area contributed by atoms with Crippen molar-refractivity contribution in [2.24, 2.45) is 0 Å². The van der Waals surface area contributed by atoms with Crippen LogP contribution >= 0.6 is 0 Å². The molecule has 4 nitrogen and oxygen atoms in total. The largest absolute Gasteiger partial charge is 0.494 e. The molecule has 0 bridgehead atoms. The molecule has 0 aliphatic rings. The van der Waals surface area contributed by atoms with Crippen LogP contribution in [0.4, 0.5) is 5.69 Å². The van der Waals surface area contributed by atoms with E-state index in [1.165, 1.54) is 0 Å². The van der Waals surface area contributed by atoms with Crippen LogP contribution in [0.2, 0.25) is 0 Å². The molecule has 0 radical (unpaired) electrons. The number of hydrogen-bond acceptors (Lipinski definition) is 3. The molecule has 0 heterocycles. The van der Waals surface area contributed by atoms with Gasteiger partial charge in [0.2, 0.25) is 0 Å². The van der Waals surface area contributed by atoms with Gasteiger partial charge < -0.3 is 14.8 Å². The van der Waals surface area contributed by atoms with Gasteiger partial charge in [0.05, 0.1) is 18.9 Å². The standard InChI is InChI=1S/C18H21NO3.C2H6/c1-4-21-16-12-15(17(22-5-2)11-13(16)3)19-18(20)14-9-7-6-8-10-14;1-2/h6-12H,4-5H2,1-3H3,(H,19,20);1-2H3. The predicted octanol–water partition coefficient (Wildman–Crippen LogP) is 5.07. The second-order valence-corrected chi connectivity index (χ2v) is 4.80. The highest BCUT2D eigenvalue weighted by atomic mass is 16.5. The summed E-state index contributed by atoms with van der Waals surface area (Å²) in [6.45, 7) is 10.9. The van der Waals surface area contributed by atoms with Crippen LogP contribution in [-0.2, 0) is 0 Å². The Balaban J connectivity index is 0.00000139. The van der Waals surface area contributed by atoms with Crippen molar-refractivity contribution < 1.29 is 14.3 Å². The molecule has 0 aliphatic carbocycles. The quantitative estimate of drug-likeness (QED) is 0.805. The maximum absolute atomic E-state index is 12.3. The van der Waals surface area contributed by atoms with Gasteiger partial charge in [-0.15, -0.1) is 0 Å². The van der Waals surface area contributed by atoms with Crippen LogP contribution in [0.1, 0.15) is 43.6 Å². The molecule has 4 heteroatoms. The number of carbonyl (C=O) groups excluding carboxylic acids is 1. The highest BCUT2D eigenvalue weighted by Crippen LogP contribution is 2.33. The molecule has 2 rings (SSSR count). The number of nitrogens with one attached hydrogen (secondary N) is 1. The summed E-state index contributed by atoms with van der Waals surface area (Å²) in [7, 11) is 0. The van der Waals surface area contributed by atoms with Crippen LogP contribution in [0.15, 0.2) is 42.5 Å². The number of anilines is 1. The summed E-state index contributed by atoms with van der Waals surface area (Å²) in [5, 5.41) is 2.89. The van der Waals surface area contributed by atoms with Crippen molar-refractivity contribution in [3.8, 4) is 11.5 Å². The van der Waals surface area contributed by atoms with E-state index >= 15 is 0 Å². The van der Waals surface area contributed by atoms with E-state index in [0.29, 0.717) is 30.2 Å². The molecule has 2 aromatic rings. The first-order valence-corrected chi connectivity index (χ1v) is 8.42. The number of amides is 1. The van der Waals surface area contributed by atoms with Gasteiger partial charge in [-0.1, -0.05) is 32.0 Å². The maximum Gasteiger partial charge on any atom is 0.255 e. The Morgan fingerprint density at radius 2 is 1.54 bits per heavy atom. The summed E-state index contributed by atoms with van der Waals surface area (Å²) in [6, 6.07) is 12.8. The Hall–Kier alpha value is -2.49. The minimum Gasteiger partial charge on any atom is -0.494 e. The van der Waals surface area contributed by atoms with Gasteiger partial charge in [0, 0.05) is 11.6 Å². The molecule has 0 atom stereocenters. The van der Waals surface area contributed by atoms with Gasteiger partial charge in [-0.05, 0) is 44.5 Å². The number of rotatable bonds is 6. The van der Waals surface area contributed by atoms with E-state index in [1.807, 2.05) is 65.0 Å². The molecule has 1 N–H and O–H groups in total. The first kappa shape index (κ1) is 19.6. The van der Waals surface area contributed by atoms with Crippen LogP contribution in [0.3, 0.4) is 0 Å². The minimum atomic E-state index is -0.173. The fraction of sp³-hybridized carbons (Fsp3) is 0.350. The van der Waals surface area contributed by atoms with E-state index in [-0.39, 0.29) is 5.91 Å². The van der Waals surface area contributed by atoms with Gasteiger partial charge >= 0.3 is 0 Å². The zero-order chi connectivity index (χ0) is 17.9. The van der Waals surface area contributed by atoms with Crippen molar-refractivity contribution in [2.45, 2.75) is 34.6 Å². The van der Waals surface area contributed by atoms with Gasteiger partial charge in [-0.2, -0.15) is 0 Å². The van der Waals surface area contributed by atoms with Crippen LogP contribution in [0.25, 0.3) is 0 Å². The molecule has 0 aliphatic heterocycles. The third-order valence-corrected chi connectivity index (χ3v) is 3.16. The predicted molar refractivity (Wildman–Crippen MR) is 99.3 cm³/mol. The van der Waals surface area contributed by atoms with Gasteiger partial charge in [-0.25, -0.2) is 0 Å². The minimum absolute atomic E-state index is 0.173. The third-order valence-electron chi connectivity index (χ3n) is 3.16. The number of carbonyl (C=O) groups is 1. The molecule has 1 amide bonds. The van der Waals surface area contributed by atoms with E-state index in [0.717, 1.165) is 11.3 Å². The molecule has 2 aromatic carbocycles. The Labute approximate surface area is 144 Å². The van der Waals surface area contributed by atoms with Crippen LogP contribution in [0, 0.1) is 6.92 Å². The highest BCUT2D eigenvalue weighted by molar-refractivity contribution is 6.05. The second kappa shape index (κ2) is 10.3. The maximum atomic E-state index is 12.3. The van der Waals surface area contributed by atoms with Crippen LogP contribution in [0.5, 0.6) is 11.5 Å². The Morgan fingerprint density at radius 3 is 2.12 bits per heavy atom. The van der Waals surface area contributed by atoms with E-state index in [2.05, 4.69) is 5.32 Å². The van der Waals surface area contributed by atoms with E-state index in [4.69, 9.17) is 9.47 Å². The van der Waals surface area contributed by atoms with Gasteiger partial charge in [0.25, 0.3) is 5.91 Å². The lowest BCUT2D eigenvalue weighted by molar-refractivity contribution is 0.102. The Bertz CT molecular complexity index is 639. The second-order valence-electron chi connectivity index (χ2n) is 4.80. The number of aryl methyl sites for hydroxylation is 1. The van der Waals surface area contributed by atoms with E-state index in [9.17, 15) is 4.79 Å². The average Bonchev–Trinajstić information content (AvgIpc) is 2.61. The summed E-state index contributed by atoms with van der Waals surface area (Å²) >= 11 is 0. The van der Waals surface area contributed by atoms with Gasteiger partial charge in [0.1, 0.15) is 11.5 Å². The monoisotopic (exact) mass is 329 g/mol. The van der Waals surface area contributed by atoms with Crippen molar-refractivity contribution in [3.63, 3.8) is 0 Å². The summed E-state index contributed by atoms with van der Waals surface area (Å²) in [5.41, 5.74) is 2.19. The van der Waals surface area contributed by atoms with Crippen LogP contribution in [-0.4, -0.2) is 19.1 Å². The molecule has 0 spiro atoms. The lowest BCUT2D eigenvalue weighted by Gasteiger charge is -2.15. The van der Waals surface area contributed by atoms with E-state index < -0.39 is 0 Å². The smallest absolute Gasteiger partial charge is 0.255 e. The fourth-order valence-corrected chi connectivity index (χ4v) is 2.13. The number of ether oxygens (including phenoxy) is 2. The topological polar surface area (TPSA) is 47.6 Å². The summed E-state index contributed by atoms with van der Waals surface area (Å²) < 4.78 is 11.2. The fourth-order valence-electron chi connectivity index (χ4n) is 2.13. The summed E-state index contributed by atoms with van der Waals surface area (Å²) in [5.74, 6) is 1.22. The molecular formula is C20H27NO3. The van der Waals surface area contributed by atoms with Crippen LogP contribution < -0.4 is 14.8 Å². The Kier molecular flexibility index (Phi) is 8.41. The Morgan fingerprint density at radius 1 is 0.958 bits per heavy atom. The normalized spacial score (nSPS) is 9.54. The molecule has 24 heavy (non-hydrogen) atoms. The van der Waals surface area contributed by atoms with Crippen molar-refractivity contribution >= 4 is 11.6 Å². The molecule has 0 fully saturated rings. The lowest BCUT2D eigenvalue weighted by Crippen LogP contribution is -2.13. The zero-order valence-corrected chi connectivity index (χ0v) is 15.2. The molecular weight excluding hydrogens is 302 g/mol. The number of benzene rings is 2. The molecule has 0 saturated heterocycles. The lowest BCUT2D eigenvalue weighted by atomic mass is 10.1. The summed E-state index contributed by atoms with van der Waals surface area (Å²) in [4.78, 5) is 12.3. The molecule has 0 saturated carbocycles. The van der Waals surface area contributed by atoms with Crippen molar-refractivity contribution in [2.75, 3.05) is 18.5 Å². The molecule has 130 valence electrons. The highest BCUT2D eigenvalue weighted by Gasteiger charge is 2.13. The molecule has 0 aromatic heterocycles.